The van der Waals surface area contributed by atoms with E-state index in [1.54, 1.807) is 12.1 Å². The maximum absolute atomic E-state index is 12.1. The maximum Gasteiger partial charge on any atom is 0.241 e. The minimum atomic E-state index is -3.57. The molecule has 0 radical (unpaired) electrons. The summed E-state index contributed by atoms with van der Waals surface area (Å²) in [7, 11) is -3.57. The summed E-state index contributed by atoms with van der Waals surface area (Å²) in [5.74, 6) is -0.0125. The molecule has 1 aliphatic rings. The summed E-state index contributed by atoms with van der Waals surface area (Å²) in [6, 6.07) is 5.21. The second kappa shape index (κ2) is 7.21. The van der Waals surface area contributed by atoms with Gasteiger partial charge < -0.3 is 5.32 Å². The van der Waals surface area contributed by atoms with E-state index in [0.717, 1.165) is 17.3 Å². The first kappa shape index (κ1) is 16.9. The van der Waals surface area contributed by atoms with Crippen molar-refractivity contribution in [3.8, 4) is 0 Å². The van der Waals surface area contributed by atoms with Crippen LogP contribution in [0.15, 0.2) is 32.0 Å². The predicted molar refractivity (Wildman–Crippen MR) is 87.4 cm³/mol. The molecular weight excluding hydrogens is 424 g/mol. The lowest BCUT2D eigenvalue weighted by molar-refractivity contribution is -0.121. The van der Waals surface area contributed by atoms with Gasteiger partial charge in [-0.1, -0.05) is 15.9 Å². The van der Waals surface area contributed by atoms with Gasteiger partial charge in [0, 0.05) is 28.0 Å². The molecule has 5 nitrogen and oxygen atoms in total. The zero-order chi connectivity index (χ0) is 15.5. The van der Waals surface area contributed by atoms with Crippen LogP contribution in [0.5, 0.6) is 0 Å². The normalized spacial score (nSPS) is 15.0. The van der Waals surface area contributed by atoms with Crippen LogP contribution >= 0.6 is 31.9 Å². The minimum absolute atomic E-state index is 0.0125. The van der Waals surface area contributed by atoms with Crippen LogP contribution in [0.2, 0.25) is 0 Å². The number of hydrogen-bond acceptors (Lipinski definition) is 3. The second-order valence-electron chi connectivity index (χ2n) is 4.92. The number of benzene rings is 1. The van der Waals surface area contributed by atoms with Gasteiger partial charge in [0.2, 0.25) is 15.9 Å². The summed E-state index contributed by atoms with van der Waals surface area (Å²) >= 11 is 6.51. The van der Waals surface area contributed by atoms with E-state index in [0.29, 0.717) is 23.4 Å². The Balaban J connectivity index is 1.81. The number of rotatable bonds is 7. The molecule has 2 N–H and O–H groups in total. The molecule has 1 aromatic carbocycles. The van der Waals surface area contributed by atoms with Gasteiger partial charge in [0.05, 0.1) is 4.90 Å². The number of hydrogen-bond donors (Lipinski definition) is 2. The standard InChI is InChI=1S/C13H16Br2N2O3S/c14-9-3-6-12(11(15)8-9)21(19,20)16-7-1-2-13(18)17-10-4-5-10/h3,6,8,10,16H,1-2,4-5,7H2,(H,17,18). The first-order chi connectivity index (χ1) is 9.88. The molecule has 1 amide bonds. The van der Waals surface area contributed by atoms with E-state index in [1.807, 2.05) is 0 Å². The molecule has 116 valence electrons. The highest BCUT2D eigenvalue weighted by atomic mass is 79.9. The third-order valence-electron chi connectivity index (χ3n) is 3.00. The minimum Gasteiger partial charge on any atom is -0.353 e. The van der Waals surface area contributed by atoms with Gasteiger partial charge in [0.25, 0.3) is 0 Å². The summed E-state index contributed by atoms with van der Waals surface area (Å²) < 4.78 is 28.1. The lowest BCUT2D eigenvalue weighted by Crippen LogP contribution is -2.28. The molecule has 0 aliphatic heterocycles. The Bertz CT molecular complexity index is 630. The maximum atomic E-state index is 12.1. The molecule has 0 heterocycles. The number of amides is 1. The zero-order valence-corrected chi connectivity index (χ0v) is 15.2. The van der Waals surface area contributed by atoms with Crippen LogP contribution in [0.25, 0.3) is 0 Å². The van der Waals surface area contributed by atoms with Crippen LogP contribution in [0.1, 0.15) is 25.7 Å². The smallest absolute Gasteiger partial charge is 0.241 e. The first-order valence-corrected chi connectivity index (χ1v) is 9.69. The summed E-state index contributed by atoms with van der Waals surface area (Å²) in [6.07, 6.45) is 2.92. The summed E-state index contributed by atoms with van der Waals surface area (Å²) in [6.45, 7) is 0.239. The molecule has 0 spiro atoms. The fourth-order valence-corrected chi connectivity index (χ4v) is 4.57. The van der Waals surface area contributed by atoms with Crippen molar-refractivity contribution in [3.63, 3.8) is 0 Å². The van der Waals surface area contributed by atoms with Gasteiger partial charge >= 0.3 is 0 Å². The molecule has 1 saturated carbocycles. The number of carbonyl (C=O) groups excluding carboxylic acids is 1. The van der Waals surface area contributed by atoms with E-state index in [4.69, 9.17) is 0 Å². The molecule has 0 saturated heterocycles. The Labute approximate surface area is 141 Å². The van der Waals surface area contributed by atoms with Crippen LogP contribution in [-0.4, -0.2) is 26.9 Å². The van der Waals surface area contributed by atoms with Gasteiger partial charge in [-0.25, -0.2) is 13.1 Å². The van der Waals surface area contributed by atoms with E-state index in [-0.39, 0.29) is 17.3 Å². The van der Waals surface area contributed by atoms with Crippen molar-refractivity contribution in [1.29, 1.82) is 0 Å². The van der Waals surface area contributed by atoms with Gasteiger partial charge in [-0.15, -0.1) is 0 Å². The molecule has 0 unspecified atom stereocenters. The van der Waals surface area contributed by atoms with Gasteiger partial charge in [-0.05, 0) is 53.4 Å². The van der Waals surface area contributed by atoms with Crippen molar-refractivity contribution in [1.82, 2.24) is 10.0 Å². The molecule has 1 fully saturated rings. The van der Waals surface area contributed by atoms with Crippen molar-refractivity contribution in [2.24, 2.45) is 0 Å². The van der Waals surface area contributed by atoms with Crippen LogP contribution in [-0.2, 0) is 14.8 Å². The highest BCUT2D eigenvalue weighted by Gasteiger charge is 2.23. The molecule has 0 aromatic heterocycles. The van der Waals surface area contributed by atoms with Gasteiger partial charge in [0.1, 0.15) is 0 Å². The molecule has 2 rings (SSSR count). The van der Waals surface area contributed by atoms with Crippen molar-refractivity contribution >= 4 is 47.8 Å². The monoisotopic (exact) mass is 438 g/mol. The van der Waals surface area contributed by atoms with E-state index < -0.39 is 10.0 Å². The fraction of sp³-hybridized carbons (Fsp3) is 0.462. The molecule has 8 heteroatoms. The fourth-order valence-electron chi connectivity index (χ4n) is 1.75. The molecule has 1 aromatic rings. The highest BCUT2D eigenvalue weighted by molar-refractivity contribution is 9.11. The van der Waals surface area contributed by atoms with E-state index in [9.17, 15) is 13.2 Å². The van der Waals surface area contributed by atoms with Gasteiger partial charge in [0.15, 0.2) is 0 Å². The Kier molecular flexibility index (Phi) is 5.81. The van der Waals surface area contributed by atoms with Crippen LogP contribution in [0.3, 0.4) is 0 Å². The zero-order valence-electron chi connectivity index (χ0n) is 11.2. The molecule has 1 aliphatic carbocycles. The van der Waals surface area contributed by atoms with E-state index in [2.05, 4.69) is 41.9 Å². The average Bonchev–Trinajstić information content (AvgIpc) is 3.18. The second-order valence-corrected chi connectivity index (χ2v) is 8.42. The SMILES string of the molecule is O=C(CCCNS(=O)(=O)c1ccc(Br)cc1Br)NC1CC1. The predicted octanol–water partition coefficient (Wildman–Crippen LogP) is 2.55. The van der Waals surface area contributed by atoms with Crippen molar-refractivity contribution < 1.29 is 13.2 Å². The van der Waals surface area contributed by atoms with E-state index >= 15 is 0 Å². The van der Waals surface area contributed by atoms with Crippen molar-refractivity contribution in [2.75, 3.05) is 6.54 Å². The first-order valence-electron chi connectivity index (χ1n) is 6.62. The summed E-state index contributed by atoms with van der Waals surface area (Å²) in [5.41, 5.74) is 0. The largest absolute Gasteiger partial charge is 0.353 e. The van der Waals surface area contributed by atoms with Crippen LogP contribution in [0.4, 0.5) is 0 Å². The lowest BCUT2D eigenvalue weighted by Gasteiger charge is -2.09. The Morgan fingerprint density at radius 3 is 2.62 bits per heavy atom. The third kappa shape index (κ3) is 5.36. The molecule has 0 atom stereocenters. The average molecular weight is 440 g/mol. The molecular formula is C13H16Br2N2O3S. The van der Waals surface area contributed by atoms with Crippen molar-refractivity contribution in [2.45, 2.75) is 36.6 Å². The highest BCUT2D eigenvalue weighted by Crippen LogP contribution is 2.25. The van der Waals surface area contributed by atoms with Gasteiger partial charge in [-0.2, -0.15) is 0 Å². The van der Waals surface area contributed by atoms with E-state index in [1.165, 1.54) is 6.07 Å². The van der Waals surface area contributed by atoms with Gasteiger partial charge in [-0.3, -0.25) is 4.79 Å². The molecule has 0 bridgehead atoms. The van der Waals surface area contributed by atoms with Crippen LogP contribution < -0.4 is 10.0 Å². The Morgan fingerprint density at radius 1 is 1.29 bits per heavy atom. The lowest BCUT2D eigenvalue weighted by atomic mass is 10.3. The Hall–Kier alpha value is -0.440. The van der Waals surface area contributed by atoms with Crippen LogP contribution in [0, 0.1) is 0 Å². The summed E-state index contributed by atoms with van der Waals surface area (Å²) in [4.78, 5) is 11.7. The quantitative estimate of drug-likeness (QED) is 0.641. The third-order valence-corrected chi connectivity index (χ3v) is 5.93. The number of carbonyl (C=O) groups is 1. The van der Waals surface area contributed by atoms with Crippen molar-refractivity contribution in [3.05, 3.63) is 27.1 Å². The Morgan fingerprint density at radius 2 is 2.00 bits per heavy atom. The number of nitrogens with one attached hydrogen (secondary N) is 2. The molecule has 21 heavy (non-hydrogen) atoms. The number of sulfonamides is 1. The number of halogens is 2. The summed E-state index contributed by atoms with van der Waals surface area (Å²) in [5, 5.41) is 2.87. The topological polar surface area (TPSA) is 75.3 Å².